The Labute approximate surface area is 277 Å². The highest BCUT2D eigenvalue weighted by atomic mass is 15.0. The summed E-state index contributed by atoms with van der Waals surface area (Å²) < 4.78 is 4.49. The zero-order valence-electron chi connectivity index (χ0n) is 25.8. The quantitative estimate of drug-likeness (QED) is 0.199. The number of aromatic nitrogens is 2. The van der Waals surface area contributed by atoms with E-state index in [1.807, 2.05) is 30.3 Å². The third-order valence-electron chi connectivity index (χ3n) is 9.37. The van der Waals surface area contributed by atoms with Crippen molar-refractivity contribution in [2.75, 3.05) is 0 Å². The molecular weight excluding hydrogens is 585 g/mol. The Morgan fingerprint density at radius 1 is 0.396 bits per heavy atom. The molecule has 0 atom stereocenters. The summed E-state index contributed by atoms with van der Waals surface area (Å²) in [6, 6.07) is 59.0. The van der Waals surface area contributed by atoms with Gasteiger partial charge in [-0.3, -0.25) is 0 Å². The Balaban J connectivity index is 1.23. The fraction of sp³-hybridized carbons (Fsp3) is 0. The molecule has 4 nitrogen and oxygen atoms in total. The average Bonchev–Trinajstić information content (AvgIpc) is 3.67. The topological polar surface area (TPSA) is 57.4 Å². The molecule has 0 bridgehead atoms. The van der Waals surface area contributed by atoms with Crippen molar-refractivity contribution in [1.82, 2.24) is 9.13 Å². The van der Waals surface area contributed by atoms with Crippen molar-refractivity contribution in [3.05, 3.63) is 169 Å². The predicted molar refractivity (Wildman–Crippen MR) is 195 cm³/mol. The summed E-state index contributed by atoms with van der Waals surface area (Å²) in [6.07, 6.45) is 0. The van der Waals surface area contributed by atoms with Crippen LogP contribution in [0.1, 0.15) is 11.1 Å². The zero-order valence-corrected chi connectivity index (χ0v) is 25.8. The Kier molecular flexibility index (Phi) is 6.22. The van der Waals surface area contributed by atoms with Gasteiger partial charge in [-0.25, -0.2) is 0 Å². The third-order valence-corrected chi connectivity index (χ3v) is 9.37. The lowest BCUT2D eigenvalue weighted by Crippen LogP contribution is -2.01. The molecule has 7 aromatic carbocycles. The maximum atomic E-state index is 10.4. The van der Waals surface area contributed by atoms with Gasteiger partial charge >= 0.3 is 0 Å². The first kappa shape index (κ1) is 27.4. The fourth-order valence-electron chi connectivity index (χ4n) is 7.28. The first-order chi connectivity index (χ1) is 23.7. The van der Waals surface area contributed by atoms with Gasteiger partial charge in [0, 0.05) is 32.8 Å². The lowest BCUT2D eigenvalue weighted by molar-refractivity contribution is 1.17. The first-order valence-corrected chi connectivity index (χ1v) is 15.9. The molecule has 0 aliphatic carbocycles. The van der Waals surface area contributed by atoms with Gasteiger partial charge in [-0.15, -0.1) is 0 Å². The molecule has 9 aromatic rings. The van der Waals surface area contributed by atoms with Crippen molar-refractivity contribution < 1.29 is 0 Å². The third kappa shape index (κ3) is 4.14. The largest absolute Gasteiger partial charge is 0.309 e. The Morgan fingerprint density at radius 3 is 1.62 bits per heavy atom. The fourth-order valence-corrected chi connectivity index (χ4v) is 7.28. The Hall–Kier alpha value is -6.88. The van der Waals surface area contributed by atoms with Gasteiger partial charge in [-0.2, -0.15) is 10.5 Å². The van der Waals surface area contributed by atoms with E-state index in [9.17, 15) is 10.5 Å². The predicted octanol–water partition coefficient (Wildman–Crippen LogP) is 11.0. The number of hydrogen-bond donors (Lipinski definition) is 0. The van der Waals surface area contributed by atoms with Gasteiger partial charge in [-0.1, -0.05) is 103 Å². The van der Waals surface area contributed by atoms with Gasteiger partial charge in [0.15, 0.2) is 0 Å². The maximum absolute atomic E-state index is 10.4. The summed E-state index contributed by atoms with van der Waals surface area (Å²) in [5.41, 5.74) is 11.6. The van der Waals surface area contributed by atoms with E-state index >= 15 is 0 Å². The van der Waals surface area contributed by atoms with Crippen molar-refractivity contribution in [2.24, 2.45) is 0 Å². The van der Waals surface area contributed by atoms with E-state index in [1.165, 1.54) is 0 Å². The smallest absolute Gasteiger partial charge is 0.101 e. The number of nitriles is 2. The molecule has 0 aliphatic rings. The highest BCUT2D eigenvalue weighted by molar-refractivity contribution is 6.11. The van der Waals surface area contributed by atoms with Crippen LogP contribution in [-0.4, -0.2) is 9.13 Å². The molecule has 0 saturated heterocycles. The molecule has 4 heteroatoms. The van der Waals surface area contributed by atoms with Crippen LogP contribution in [0.2, 0.25) is 0 Å². The van der Waals surface area contributed by atoms with Crippen molar-refractivity contribution in [3.8, 4) is 45.8 Å². The maximum Gasteiger partial charge on any atom is 0.101 e. The van der Waals surface area contributed by atoms with Crippen LogP contribution >= 0.6 is 0 Å². The minimum Gasteiger partial charge on any atom is -0.309 e. The highest BCUT2D eigenvalue weighted by Crippen LogP contribution is 2.39. The van der Waals surface area contributed by atoms with E-state index in [1.54, 1.807) is 0 Å². The normalized spacial score (nSPS) is 11.3. The summed E-state index contributed by atoms with van der Waals surface area (Å²) in [4.78, 5) is 0. The SMILES string of the molecule is N#Cc1ccc2c3ccccc3n(-c3cccc(-c4cccc(-c5cccc(C#N)c5-n5c6ccccc6c6ccccc65)c4)c3)c2c1. The summed E-state index contributed by atoms with van der Waals surface area (Å²) in [5, 5.41) is 24.7. The van der Waals surface area contributed by atoms with Crippen LogP contribution in [0.4, 0.5) is 0 Å². The Morgan fingerprint density at radius 2 is 0.958 bits per heavy atom. The highest BCUT2D eigenvalue weighted by Gasteiger charge is 2.19. The van der Waals surface area contributed by atoms with E-state index in [0.717, 1.165) is 77.2 Å². The van der Waals surface area contributed by atoms with Gasteiger partial charge in [0.2, 0.25) is 0 Å². The number of para-hydroxylation sites is 4. The molecule has 2 heterocycles. The van der Waals surface area contributed by atoms with Crippen LogP contribution in [0, 0.1) is 22.7 Å². The molecule has 0 fully saturated rings. The molecule has 2 aromatic heterocycles. The second-order valence-corrected chi connectivity index (χ2v) is 12.0. The van der Waals surface area contributed by atoms with Crippen LogP contribution < -0.4 is 0 Å². The number of rotatable bonds is 4. The number of hydrogen-bond acceptors (Lipinski definition) is 2. The summed E-state index contributed by atoms with van der Waals surface area (Å²) in [6.45, 7) is 0. The number of nitrogens with zero attached hydrogens (tertiary/aromatic N) is 4. The Bertz CT molecular complexity index is 2760. The van der Waals surface area contributed by atoms with E-state index in [4.69, 9.17) is 0 Å². The number of fused-ring (bicyclic) bond motifs is 6. The monoisotopic (exact) mass is 610 g/mol. The minimum absolute atomic E-state index is 0.620. The molecule has 9 rings (SSSR count). The van der Waals surface area contributed by atoms with E-state index < -0.39 is 0 Å². The van der Waals surface area contributed by atoms with Crippen molar-refractivity contribution >= 4 is 43.6 Å². The summed E-state index contributed by atoms with van der Waals surface area (Å²) in [5.74, 6) is 0. The molecule has 0 spiro atoms. The van der Waals surface area contributed by atoms with E-state index in [2.05, 4.69) is 149 Å². The summed E-state index contributed by atoms with van der Waals surface area (Å²) >= 11 is 0. The average molecular weight is 611 g/mol. The van der Waals surface area contributed by atoms with E-state index in [-0.39, 0.29) is 0 Å². The second-order valence-electron chi connectivity index (χ2n) is 12.0. The van der Waals surface area contributed by atoms with Gasteiger partial charge in [0.25, 0.3) is 0 Å². The van der Waals surface area contributed by atoms with Crippen LogP contribution in [-0.2, 0) is 0 Å². The van der Waals surface area contributed by atoms with Crippen LogP contribution in [0.5, 0.6) is 0 Å². The van der Waals surface area contributed by atoms with Gasteiger partial charge in [0.1, 0.15) is 6.07 Å². The van der Waals surface area contributed by atoms with Gasteiger partial charge < -0.3 is 9.13 Å². The van der Waals surface area contributed by atoms with Crippen molar-refractivity contribution in [1.29, 1.82) is 10.5 Å². The lowest BCUT2D eigenvalue weighted by atomic mass is 9.96. The van der Waals surface area contributed by atoms with Gasteiger partial charge in [0.05, 0.1) is 45.0 Å². The molecule has 0 saturated carbocycles. The van der Waals surface area contributed by atoms with Crippen LogP contribution in [0.25, 0.3) is 77.2 Å². The summed E-state index contributed by atoms with van der Waals surface area (Å²) in [7, 11) is 0. The lowest BCUT2D eigenvalue weighted by Gasteiger charge is -2.16. The molecule has 0 amide bonds. The second kappa shape index (κ2) is 10.9. The molecule has 48 heavy (non-hydrogen) atoms. The van der Waals surface area contributed by atoms with Crippen LogP contribution in [0.3, 0.4) is 0 Å². The molecule has 0 aliphatic heterocycles. The minimum atomic E-state index is 0.620. The molecule has 0 N–H and O–H groups in total. The molecule has 0 unspecified atom stereocenters. The van der Waals surface area contributed by atoms with E-state index in [0.29, 0.717) is 11.1 Å². The molecule has 0 radical (unpaired) electrons. The first-order valence-electron chi connectivity index (χ1n) is 15.9. The van der Waals surface area contributed by atoms with Gasteiger partial charge in [-0.05, 0) is 71.3 Å². The standard InChI is InChI=1S/C44H26N4/c45-27-29-22-23-39-38-17-1-4-19-40(38)47(43(39)24-29)34-14-8-11-31(26-34)30-10-7-12-32(25-30)35-18-9-13-33(28-46)44(35)48-41-20-5-2-15-36(41)37-16-3-6-21-42(37)48/h1-26H. The van der Waals surface area contributed by atoms with Crippen molar-refractivity contribution in [3.63, 3.8) is 0 Å². The molecular formula is C44H26N4. The van der Waals surface area contributed by atoms with Crippen LogP contribution in [0.15, 0.2) is 158 Å². The zero-order chi connectivity index (χ0) is 32.2. The number of benzene rings is 7. The van der Waals surface area contributed by atoms with Crippen molar-refractivity contribution in [2.45, 2.75) is 0 Å². The molecule has 222 valence electrons.